The summed E-state index contributed by atoms with van der Waals surface area (Å²) in [5.41, 5.74) is 3.65. The average Bonchev–Trinajstić information content (AvgIpc) is 3.00. The van der Waals surface area contributed by atoms with Crippen molar-refractivity contribution in [2.24, 2.45) is 0 Å². The second kappa shape index (κ2) is 7.87. The largest absolute Gasteiger partial charge is 0.395 e. The Morgan fingerprint density at radius 3 is 2.90 bits per heavy atom. The molecule has 2 atom stereocenters. The minimum absolute atomic E-state index is 0.184. The quantitative estimate of drug-likeness (QED) is 0.839. The van der Waals surface area contributed by atoms with Crippen LogP contribution in [0.2, 0.25) is 0 Å². The number of rotatable bonds is 7. The lowest BCUT2D eigenvalue weighted by Gasteiger charge is -2.21. The van der Waals surface area contributed by atoms with Crippen molar-refractivity contribution in [2.45, 2.75) is 45.1 Å². The molecular formula is C17H28N2O2. The first-order valence-corrected chi connectivity index (χ1v) is 8.02. The fourth-order valence-electron chi connectivity index (χ4n) is 2.80. The number of hydrogen-bond donors (Lipinski definition) is 1. The van der Waals surface area contributed by atoms with Gasteiger partial charge in [0.25, 0.3) is 0 Å². The van der Waals surface area contributed by atoms with Gasteiger partial charge in [-0.15, -0.1) is 0 Å². The van der Waals surface area contributed by atoms with Crippen molar-refractivity contribution >= 4 is 0 Å². The first kappa shape index (κ1) is 16.4. The molecule has 1 unspecified atom stereocenters. The van der Waals surface area contributed by atoms with E-state index in [1.165, 1.54) is 11.3 Å². The predicted octanol–water partition coefficient (Wildman–Crippen LogP) is 2.52. The van der Waals surface area contributed by atoms with Crippen LogP contribution in [-0.2, 0) is 11.3 Å². The minimum atomic E-state index is 0.184. The molecular weight excluding hydrogens is 264 g/mol. The van der Waals surface area contributed by atoms with Crippen LogP contribution in [0.4, 0.5) is 0 Å². The van der Waals surface area contributed by atoms with Gasteiger partial charge in [0.05, 0.1) is 18.9 Å². The molecule has 0 bridgehead atoms. The highest BCUT2D eigenvalue weighted by Crippen LogP contribution is 2.29. The normalized spacial score (nSPS) is 20.1. The van der Waals surface area contributed by atoms with Crippen LogP contribution in [0, 0.1) is 0 Å². The van der Waals surface area contributed by atoms with E-state index in [1.54, 1.807) is 0 Å². The molecule has 0 aliphatic carbocycles. The Labute approximate surface area is 128 Å². The Bertz CT molecular complexity index is 444. The van der Waals surface area contributed by atoms with Gasteiger partial charge in [0.15, 0.2) is 0 Å². The monoisotopic (exact) mass is 292 g/mol. The van der Waals surface area contributed by atoms with Crippen molar-refractivity contribution in [3.8, 4) is 0 Å². The smallest absolute Gasteiger partial charge is 0.0582 e. The molecule has 0 radical (unpaired) electrons. The van der Waals surface area contributed by atoms with Crippen LogP contribution in [-0.4, -0.2) is 48.4 Å². The number of aliphatic hydroxyl groups is 1. The highest BCUT2D eigenvalue weighted by atomic mass is 16.5. The van der Waals surface area contributed by atoms with E-state index in [-0.39, 0.29) is 6.61 Å². The number of ether oxygens (including phenoxy) is 1. The van der Waals surface area contributed by atoms with Gasteiger partial charge in [-0.1, -0.05) is 19.9 Å². The van der Waals surface area contributed by atoms with Crippen molar-refractivity contribution < 1.29 is 9.84 Å². The molecule has 21 heavy (non-hydrogen) atoms. The van der Waals surface area contributed by atoms with Crippen LogP contribution in [0.15, 0.2) is 12.1 Å². The summed E-state index contributed by atoms with van der Waals surface area (Å²) in [6.45, 7) is 7.73. The maximum Gasteiger partial charge on any atom is 0.0582 e. The van der Waals surface area contributed by atoms with E-state index in [4.69, 9.17) is 14.8 Å². The predicted molar refractivity (Wildman–Crippen MR) is 84.5 cm³/mol. The molecule has 1 aromatic rings. The Morgan fingerprint density at radius 2 is 2.29 bits per heavy atom. The van der Waals surface area contributed by atoms with Crippen molar-refractivity contribution in [1.82, 2.24) is 9.88 Å². The zero-order valence-electron chi connectivity index (χ0n) is 13.5. The first-order chi connectivity index (χ1) is 10.2. The summed E-state index contributed by atoms with van der Waals surface area (Å²) < 4.78 is 5.54. The number of pyridine rings is 1. The molecule has 0 amide bonds. The maximum atomic E-state index is 9.09. The maximum absolute atomic E-state index is 9.09. The van der Waals surface area contributed by atoms with E-state index in [0.717, 1.165) is 38.3 Å². The Hall–Kier alpha value is -0.970. The molecule has 2 heterocycles. The van der Waals surface area contributed by atoms with Crippen LogP contribution >= 0.6 is 0 Å². The third-order valence-corrected chi connectivity index (χ3v) is 4.42. The van der Waals surface area contributed by atoms with Gasteiger partial charge >= 0.3 is 0 Å². The highest BCUT2D eigenvalue weighted by molar-refractivity contribution is 5.29. The van der Waals surface area contributed by atoms with Gasteiger partial charge in [-0.25, -0.2) is 0 Å². The fraction of sp³-hybridized carbons (Fsp3) is 0.706. The molecule has 1 aliphatic rings. The van der Waals surface area contributed by atoms with Crippen LogP contribution < -0.4 is 0 Å². The number of hydrogen-bond acceptors (Lipinski definition) is 4. The molecule has 118 valence electrons. The van der Waals surface area contributed by atoms with Crippen LogP contribution in [0.1, 0.15) is 55.5 Å². The Kier molecular flexibility index (Phi) is 6.15. The summed E-state index contributed by atoms with van der Waals surface area (Å²) >= 11 is 0. The van der Waals surface area contributed by atoms with E-state index < -0.39 is 0 Å². The summed E-state index contributed by atoms with van der Waals surface area (Å²) in [6, 6.07) is 4.42. The van der Waals surface area contributed by atoms with Gasteiger partial charge in [-0.2, -0.15) is 0 Å². The van der Waals surface area contributed by atoms with Crippen LogP contribution in [0.3, 0.4) is 0 Å². The zero-order valence-corrected chi connectivity index (χ0v) is 13.5. The summed E-state index contributed by atoms with van der Waals surface area (Å²) in [5.74, 6) is 0.960. The van der Waals surface area contributed by atoms with E-state index in [0.29, 0.717) is 18.4 Å². The highest BCUT2D eigenvalue weighted by Gasteiger charge is 2.22. The van der Waals surface area contributed by atoms with Gasteiger partial charge < -0.3 is 9.84 Å². The van der Waals surface area contributed by atoms with E-state index in [1.807, 2.05) is 7.05 Å². The SMILES string of the molecule is CCC(C)c1ccc([C@@H]2CCOC2)c(CN(C)CCO)n1. The summed E-state index contributed by atoms with van der Waals surface area (Å²) in [7, 11) is 2.03. The van der Waals surface area contributed by atoms with Crippen LogP contribution in [0.5, 0.6) is 0 Å². The van der Waals surface area contributed by atoms with Gasteiger partial charge in [0.2, 0.25) is 0 Å². The number of likely N-dealkylation sites (N-methyl/N-ethyl adjacent to an activating group) is 1. The number of nitrogens with zero attached hydrogens (tertiary/aromatic N) is 2. The van der Waals surface area contributed by atoms with Crippen molar-refractivity contribution in [3.63, 3.8) is 0 Å². The van der Waals surface area contributed by atoms with Gasteiger partial charge in [0.1, 0.15) is 0 Å². The topological polar surface area (TPSA) is 45.6 Å². The molecule has 0 spiro atoms. The third-order valence-electron chi connectivity index (χ3n) is 4.42. The fourth-order valence-corrected chi connectivity index (χ4v) is 2.80. The molecule has 1 fully saturated rings. The standard InChI is InChI=1S/C17H28N2O2/c1-4-13(2)16-6-5-15(14-7-10-21-12-14)17(18-16)11-19(3)8-9-20/h5-6,13-14,20H,4,7-12H2,1-3H3/t13?,14-/m1/s1. The second-order valence-corrected chi connectivity index (χ2v) is 6.10. The lowest BCUT2D eigenvalue weighted by Crippen LogP contribution is -2.24. The number of aliphatic hydroxyl groups excluding tert-OH is 1. The van der Waals surface area contributed by atoms with Crippen molar-refractivity contribution in [2.75, 3.05) is 33.4 Å². The molecule has 2 rings (SSSR count). The summed E-state index contributed by atoms with van der Waals surface area (Å²) in [4.78, 5) is 7.06. The Balaban J connectivity index is 2.25. The molecule has 0 saturated carbocycles. The molecule has 0 aromatic carbocycles. The molecule has 1 aliphatic heterocycles. The second-order valence-electron chi connectivity index (χ2n) is 6.10. The molecule has 1 saturated heterocycles. The third kappa shape index (κ3) is 4.25. The van der Waals surface area contributed by atoms with Crippen LogP contribution in [0.25, 0.3) is 0 Å². The lowest BCUT2D eigenvalue weighted by atomic mass is 9.94. The minimum Gasteiger partial charge on any atom is -0.395 e. The van der Waals surface area contributed by atoms with Gasteiger partial charge in [0, 0.05) is 31.3 Å². The summed E-state index contributed by atoms with van der Waals surface area (Å²) in [5, 5.41) is 9.09. The molecule has 1 aromatic heterocycles. The molecule has 4 nitrogen and oxygen atoms in total. The average molecular weight is 292 g/mol. The number of aromatic nitrogens is 1. The Morgan fingerprint density at radius 1 is 1.48 bits per heavy atom. The molecule has 4 heteroatoms. The van der Waals surface area contributed by atoms with E-state index >= 15 is 0 Å². The van der Waals surface area contributed by atoms with E-state index in [2.05, 4.69) is 30.9 Å². The van der Waals surface area contributed by atoms with Gasteiger partial charge in [-0.05, 0) is 37.4 Å². The van der Waals surface area contributed by atoms with Crippen molar-refractivity contribution in [3.05, 3.63) is 29.1 Å². The molecule has 1 N–H and O–H groups in total. The van der Waals surface area contributed by atoms with Gasteiger partial charge in [-0.3, -0.25) is 9.88 Å². The first-order valence-electron chi connectivity index (χ1n) is 8.02. The van der Waals surface area contributed by atoms with Crippen molar-refractivity contribution in [1.29, 1.82) is 0 Å². The van der Waals surface area contributed by atoms with E-state index in [9.17, 15) is 0 Å². The summed E-state index contributed by atoms with van der Waals surface area (Å²) in [6.07, 6.45) is 2.19. The zero-order chi connectivity index (χ0) is 15.2. The lowest BCUT2D eigenvalue weighted by molar-refractivity contribution is 0.193.